The molecule has 0 radical (unpaired) electrons. The van der Waals surface area contributed by atoms with Crippen LogP contribution in [0.15, 0.2) is 24.3 Å². The molecule has 30 heavy (non-hydrogen) atoms. The molecular weight excluding hydrogens is 394 g/mol. The molecule has 1 aromatic rings. The number of unbranched alkanes of at least 4 members (excludes halogenated alkanes) is 1. The van der Waals surface area contributed by atoms with Crippen molar-refractivity contribution in [3.05, 3.63) is 29.8 Å². The SMILES string of the molecule is NCCCCC(N)C(=O)NCC(=O)NC(Cc1ccc(O)cc1)C(=O)NCC(=O)O. The van der Waals surface area contributed by atoms with Gasteiger partial charge in [-0.05, 0) is 37.1 Å². The van der Waals surface area contributed by atoms with Crippen LogP contribution in [0.4, 0.5) is 0 Å². The van der Waals surface area contributed by atoms with E-state index in [4.69, 9.17) is 16.6 Å². The van der Waals surface area contributed by atoms with Crippen LogP contribution in [-0.2, 0) is 25.6 Å². The van der Waals surface area contributed by atoms with E-state index in [1.807, 2.05) is 0 Å². The Bertz CT molecular complexity index is 725. The van der Waals surface area contributed by atoms with Crippen LogP contribution in [0.2, 0.25) is 0 Å². The van der Waals surface area contributed by atoms with E-state index in [2.05, 4.69) is 16.0 Å². The molecule has 3 amide bonds. The fourth-order valence-electron chi connectivity index (χ4n) is 2.55. The van der Waals surface area contributed by atoms with Crippen molar-refractivity contribution in [3.63, 3.8) is 0 Å². The third-order valence-corrected chi connectivity index (χ3v) is 4.17. The Morgan fingerprint density at radius 3 is 2.20 bits per heavy atom. The zero-order valence-electron chi connectivity index (χ0n) is 16.6. The quantitative estimate of drug-likeness (QED) is 0.180. The van der Waals surface area contributed by atoms with Gasteiger partial charge >= 0.3 is 5.97 Å². The number of hydrogen-bond donors (Lipinski definition) is 7. The molecule has 0 heterocycles. The molecule has 11 heteroatoms. The Morgan fingerprint density at radius 2 is 1.60 bits per heavy atom. The van der Waals surface area contributed by atoms with Crippen molar-refractivity contribution in [2.24, 2.45) is 11.5 Å². The number of carboxylic acid groups (broad SMARTS) is 1. The zero-order valence-corrected chi connectivity index (χ0v) is 16.6. The summed E-state index contributed by atoms with van der Waals surface area (Å²) in [4.78, 5) is 47.1. The van der Waals surface area contributed by atoms with Gasteiger partial charge in [0.1, 0.15) is 18.3 Å². The summed E-state index contributed by atoms with van der Waals surface area (Å²) in [6.45, 7) is -0.486. The van der Waals surface area contributed by atoms with Crippen LogP contribution in [-0.4, -0.2) is 65.6 Å². The summed E-state index contributed by atoms with van der Waals surface area (Å²) in [6, 6.07) is 4.15. The van der Waals surface area contributed by atoms with Gasteiger partial charge in [0.15, 0.2) is 0 Å². The minimum Gasteiger partial charge on any atom is -0.508 e. The van der Waals surface area contributed by atoms with Gasteiger partial charge in [-0.2, -0.15) is 0 Å². The van der Waals surface area contributed by atoms with Crippen LogP contribution in [0.25, 0.3) is 0 Å². The topological polar surface area (TPSA) is 197 Å². The number of benzene rings is 1. The Balaban J connectivity index is 2.64. The number of aliphatic carboxylic acids is 1. The molecule has 2 atom stereocenters. The molecule has 0 aliphatic heterocycles. The minimum atomic E-state index is -1.23. The number of nitrogens with two attached hydrogens (primary N) is 2. The summed E-state index contributed by atoms with van der Waals surface area (Å²) in [5.74, 6) is -3.00. The van der Waals surface area contributed by atoms with E-state index in [9.17, 15) is 24.3 Å². The van der Waals surface area contributed by atoms with Crippen molar-refractivity contribution < 1.29 is 29.4 Å². The van der Waals surface area contributed by atoms with Crippen molar-refractivity contribution in [1.29, 1.82) is 0 Å². The van der Waals surface area contributed by atoms with Gasteiger partial charge in [0, 0.05) is 6.42 Å². The van der Waals surface area contributed by atoms with Gasteiger partial charge in [-0.15, -0.1) is 0 Å². The van der Waals surface area contributed by atoms with Gasteiger partial charge in [0.2, 0.25) is 17.7 Å². The first kappa shape index (κ1) is 24.9. The van der Waals surface area contributed by atoms with Gasteiger partial charge in [-0.25, -0.2) is 0 Å². The van der Waals surface area contributed by atoms with E-state index in [1.165, 1.54) is 12.1 Å². The zero-order chi connectivity index (χ0) is 22.5. The number of amides is 3. The molecule has 0 aliphatic carbocycles. The number of carbonyl (C=O) groups excluding carboxylic acids is 3. The first-order valence-electron chi connectivity index (χ1n) is 9.53. The molecule has 11 nitrogen and oxygen atoms in total. The number of phenolic OH excluding ortho intramolecular Hbond substituents is 1. The number of carboxylic acids is 1. The number of aromatic hydroxyl groups is 1. The molecule has 0 aliphatic rings. The number of hydrogen-bond acceptors (Lipinski definition) is 7. The number of nitrogens with one attached hydrogen (secondary N) is 3. The number of rotatable bonds is 13. The van der Waals surface area contributed by atoms with E-state index in [1.54, 1.807) is 12.1 Å². The second kappa shape index (κ2) is 13.1. The highest BCUT2D eigenvalue weighted by Crippen LogP contribution is 2.11. The molecular formula is C19H29N5O6. The van der Waals surface area contributed by atoms with Crippen molar-refractivity contribution in [2.75, 3.05) is 19.6 Å². The highest BCUT2D eigenvalue weighted by Gasteiger charge is 2.22. The molecule has 0 fully saturated rings. The number of phenols is 1. The normalized spacial score (nSPS) is 12.5. The summed E-state index contributed by atoms with van der Waals surface area (Å²) < 4.78 is 0. The first-order valence-corrected chi connectivity index (χ1v) is 9.53. The maximum atomic E-state index is 12.3. The van der Waals surface area contributed by atoms with Gasteiger partial charge in [0.25, 0.3) is 0 Å². The summed E-state index contributed by atoms with van der Waals surface area (Å²) in [7, 11) is 0. The van der Waals surface area contributed by atoms with Crippen LogP contribution < -0.4 is 27.4 Å². The van der Waals surface area contributed by atoms with Crippen LogP contribution in [0.1, 0.15) is 24.8 Å². The molecule has 2 unspecified atom stereocenters. The average molecular weight is 423 g/mol. The summed E-state index contributed by atoms with van der Waals surface area (Å²) in [6.07, 6.45) is 1.93. The predicted octanol–water partition coefficient (Wildman–Crippen LogP) is -1.81. The highest BCUT2D eigenvalue weighted by molar-refractivity contribution is 5.92. The molecule has 0 saturated carbocycles. The maximum Gasteiger partial charge on any atom is 0.322 e. The van der Waals surface area contributed by atoms with Crippen LogP contribution >= 0.6 is 0 Å². The predicted molar refractivity (Wildman–Crippen MR) is 108 cm³/mol. The maximum absolute atomic E-state index is 12.3. The van der Waals surface area contributed by atoms with Crippen LogP contribution in [0.5, 0.6) is 5.75 Å². The third-order valence-electron chi connectivity index (χ3n) is 4.17. The highest BCUT2D eigenvalue weighted by atomic mass is 16.4. The lowest BCUT2D eigenvalue weighted by Crippen LogP contribution is -2.52. The molecule has 1 rings (SSSR count). The third kappa shape index (κ3) is 9.85. The molecule has 0 aromatic heterocycles. The van der Waals surface area contributed by atoms with Gasteiger partial charge < -0.3 is 37.6 Å². The average Bonchev–Trinajstić information content (AvgIpc) is 2.71. The van der Waals surface area contributed by atoms with Gasteiger partial charge in [-0.1, -0.05) is 18.6 Å². The minimum absolute atomic E-state index is 0.0418. The Kier molecular flexibility index (Phi) is 10.9. The molecule has 9 N–H and O–H groups in total. The summed E-state index contributed by atoms with van der Waals surface area (Å²) in [5.41, 5.74) is 11.8. The standard InChI is InChI=1S/C19H29N5O6/c20-8-2-1-3-14(21)18(29)22-10-16(26)24-15(19(30)23-11-17(27)28)9-12-4-6-13(25)7-5-12/h4-7,14-15,25H,1-3,8-11,20-21H2,(H,22,29)(H,23,30)(H,24,26)(H,27,28). The van der Waals surface area contributed by atoms with E-state index >= 15 is 0 Å². The lowest BCUT2D eigenvalue weighted by atomic mass is 10.0. The Morgan fingerprint density at radius 1 is 0.967 bits per heavy atom. The number of carbonyl (C=O) groups is 4. The second-order valence-electron chi connectivity index (χ2n) is 6.71. The molecule has 0 bridgehead atoms. The largest absolute Gasteiger partial charge is 0.508 e. The summed E-state index contributed by atoms with van der Waals surface area (Å²) in [5, 5.41) is 25.2. The summed E-state index contributed by atoms with van der Waals surface area (Å²) >= 11 is 0. The monoisotopic (exact) mass is 423 g/mol. The fraction of sp³-hybridized carbons (Fsp3) is 0.474. The smallest absolute Gasteiger partial charge is 0.322 e. The van der Waals surface area contributed by atoms with Crippen molar-refractivity contribution in [1.82, 2.24) is 16.0 Å². The second-order valence-corrected chi connectivity index (χ2v) is 6.71. The molecule has 0 saturated heterocycles. The first-order chi connectivity index (χ1) is 14.2. The Labute approximate surface area is 174 Å². The van der Waals surface area contributed by atoms with Crippen molar-refractivity contribution >= 4 is 23.7 Å². The van der Waals surface area contributed by atoms with Crippen LogP contribution in [0, 0.1) is 0 Å². The van der Waals surface area contributed by atoms with Gasteiger partial charge in [-0.3, -0.25) is 19.2 Å². The van der Waals surface area contributed by atoms with E-state index in [0.29, 0.717) is 24.9 Å². The van der Waals surface area contributed by atoms with E-state index in [-0.39, 0.29) is 18.7 Å². The van der Waals surface area contributed by atoms with Crippen molar-refractivity contribution in [3.8, 4) is 5.75 Å². The molecule has 166 valence electrons. The van der Waals surface area contributed by atoms with Crippen LogP contribution in [0.3, 0.4) is 0 Å². The molecule has 0 spiro atoms. The van der Waals surface area contributed by atoms with Crippen molar-refractivity contribution in [2.45, 2.75) is 37.8 Å². The van der Waals surface area contributed by atoms with Gasteiger partial charge in [0.05, 0.1) is 12.6 Å². The Hall–Kier alpha value is -3.18. The fourth-order valence-corrected chi connectivity index (χ4v) is 2.55. The van der Waals surface area contributed by atoms with E-state index < -0.39 is 42.3 Å². The molecule has 1 aromatic carbocycles. The van der Waals surface area contributed by atoms with E-state index in [0.717, 1.165) is 6.42 Å². The lowest BCUT2D eigenvalue weighted by molar-refractivity contribution is -0.138. The lowest BCUT2D eigenvalue weighted by Gasteiger charge is -2.19.